The van der Waals surface area contributed by atoms with Gasteiger partial charge in [0.25, 0.3) is 0 Å². The summed E-state index contributed by atoms with van der Waals surface area (Å²) in [7, 11) is 0. The van der Waals surface area contributed by atoms with E-state index in [1.807, 2.05) is 52.9 Å². The van der Waals surface area contributed by atoms with E-state index in [9.17, 15) is 4.79 Å². The Labute approximate surface area is 137 Å². The van der Waals surface area contributed by atoms with Crippen LogP contribution < -0.4 is 10.6 Å². The number of nitrogens with one attached hydrogen (secondary N) is 2. The number of benzene rings is 2. The number of fused-ring (bicyclic) bond motifs is 3. The predicted molar refractivity (Wildman–Crippen MR) is 92.3 cm³/mol. The molecule has 2 heterocycles. The second-order valence-electron chi connectivity index (χ2n) is 5.36. The summed E-state index contributed by atoms with van der Waals surface area (Å²) in [6.07, 6.45) is 1.66. The van der Waals surface area contributed by atoms with Crippen LogP contribution in [0.15, 0.2) is 54.9 Å². The zero-order valence-electron chi connectivity index (χ0n) is 12.9. The molecule has 7 heteroatoms. The van der Waals surface area contributed by atoms with Crippen molar-refractivity contribution in [3.8, 4) is 0 Å². The van der Waals surface area contributed by atoms with E-state index >= 15 is 0 Å². The number of para-hydroxylation sites is 2. The van der Waals surface area contributed by atoms with Gasteiger partial charge in [-0.1, -0.05) is 18.2 Å². The van der Waals surface area contributed by atoms with E-state index in [0.717, 1.165) is 16.7 Å². The molecule has 2 N–H and O–H groups in total. The summed E-state index contributed by atoms with van der Waals surface area (Å²) in [6, 6.07) is 15.2. The van der Waals surface area contributed by atoms with Crippen LogP contribution in [-0.2, 0) is 4.79 Å². The molecule has 0 radical (unpaired) electrons. The Morgan fingerprint density at radius 3 is 2.79 bits per heavy atom. The molecule has 7 nitrogen and oxygen atoms in total. The van der Waals surface area contributed by atoms with Crippen molar-refractivity contribution in [2.45, 2.75) is 6.92 Å². The summed E-state index contributed by atoms with van der Waals surface area (Å²) in [5.41, 5.74) is 3.93. The lowest BCUT2D eigenvalue weighted by Crippen LogP contribution is -2.06. The van der Waals surface area contributed by atoms with Gasteiger partial charge in [0.05, 0.1) is 11.0 Å². The number of hydrogen-bond acceptors (Lipinski definition) is 5. The highest BCUT2D eigenvalue weighted by atomic mass is 16.1. The van der Waals surface area contributed by atoms with Gasteiger partial charge in [-0.2, -0.15) is 0 Å². The zero-order valence-corrected chi connectivity index (χ0v) is 12.9. The van der Waals surface area contributed by atoms with Gasteiger partial charge in [0.2, 0.25) is 11.6 Å². The highest BCUT2D eigenvalue weighted by Crippen LogP contribution is 2.24. The Morgan fingerprint density at radius 1 is 1.08 bits per heavy atom. The fourth-order valence-corrected chi connectivity index (χ4v) is 2.60. The molecule has 0 unspecified atom stereocenters. The van der Waals surface area contributed by atoms with Crippen molar-refractivity contribution < 1.29 is 4.79 Å². The summed E-state index contributed by atoms with van der Waals surface area (Å²) in [5, 5.41) is 14.2. The maximum absolute atomic E-state index is 11.2. The third-order valence-corrected chi connectivity index (χ3v) is 3.58. The van der Waals surface area contributed by atoms with Crippen molar-refractivity contribution in [1.82, 2.24) is 19.6 Å². The molecule has 4 rings (SSSR count). The molecule has 0 aliphatic heterocycles. The zero-order chi connectivity index (χ0) is 16.5. The first-order valence-corrected chi connectivity index (χ1v) is 7.44. The molecule has 0 fully saturated rings. The third kappa shape index (κ3) is 2.52. The van der Waals surface area contributed by atoms with Crippen LogP contribution in [0.5, 0.6) is 0 Å². The largest absolute Gasteiger partial charge is 0.337 e. The maximum Gasteiger partial charge on any atom is 0.221 e. The minimum atomic E-state index is -0.115. The van der Waals surface area contributed by atoms with Gasteiger partial charge in [0, 0.05) is 18.3 Å². The molecule has 24 heavy (non-hydrogen) atoms. The maximum atomic E-state index is 11.2. The quantitative estimate of drug-likeness (QED) is 0.606. The van der Waals surface area contributed by atoms with Crippen LogP contribution in [0, 0.1) is 0 Å². The van der Waals surface area contributed by atoms with Crippen molar-refractivity contribution in [3.05, 3.63) is 54.9 Å². The van der Waals surface area contributed by atoms with Crippen LogP contribution >= 0.6 is 0 Å². The minimum absolute atomic E-state index is 0.115. The van der Waals surface area contributed by atoms with Gasteiger partial charge in [0.1, 0.15) is 6.33 Å². The summed E-state index contributed by atoms with van der Waals surface area (Å²) in [4.78, 5) is 15.8. The van der Waals surface area contributed by atoms with Gasteiger partial charge >= 0.3 is 0 Å². The van der Waals surface area contributed by atoms with Crippen LogP contribution in [-0.4, -0.2) is 25.5 Å². The second-order valence-corrected chi connectivity index (χ2v) is 5.36. The summed E-state index contributed by atoms with van der Waals surface area (Å²) in [6.45, 7) is 1.48. The van der Waals surface area contributed by atoms with Gasteiger partial charge in [-0.15, -0.1) is 10.2 Å². The topological polar surface area (TPSA) is 84.2 Å². The highest BCUT2D eigenvalue weighted by molar-refractivity contribution is 5.90. The number of anilines is 3. The minimum Gasteiger partial charge on any atom is -0.337 e. The van der Waals surface area contributed by atoms with E-state index in [2.05, 4.69) is 25.8 Å². The number of carbonyl (C=O) groups excluding carboxylic acids is 1. The fraction of sp³-hybridized carbons (Fsp3) is 0.0588. The van der Waals surface area contributed by atoms with Gasteiger partial charge < -0.3 is 10.6 Å². The standard InChI is InChI=1S/C17H14N6O/c1-11(24)19-12-5-4-6-13(9-12)20-16-17-22-18-10-23(17)15-8-3-2-7-14(15)21-16/h2-10H,1H3,(H,19,24)(H,20,21). The monoisotopic (exact) mass is 318 g/mol. The fourth-order valence-electron chi connectivity index (χ4n) is 2.60. The lowest BCUT2D eigenvalue weighted by Gasteiger charge is -2.10. The first kappa shape index (κ1) is 14.1. The van der Waals surface area contributed by atoms with Crippen LogP contribution in [0.1, 0.15) is 6.92 Å². The summed E-state index contributed by atoms with van der Waals surface area (Å²) >= 11 is 0. The smallest absolute Gasteiger partial charge is 0.221 e. The normalized spacial score (nSPS) is 10.9. The number of nitrogens with zero attached hydrogens (tertiary/aromatic N) is 4. The van der Waals surface area contributed by atoms with Crippen molar-refractivity contribution in [3.63, 3.8) is 0 Å². The van der Waals surface area contributed by atoms with Gasteiger partial charge in [0.15, 0.2) is 5.82 Å². The second kappa shape index (κ2) is 5.62. The van der Waals surface area contributed by atoms with Crippen molar-refractivity contribution >= 4 is 39.8 Å². The molecular formula is C17H14N6O. The molecule has 0 atom stereocenters. The van der Waals surface area contributed by atoms with E-state index < -0.39 is 0 Å². The Hall–Kier alpha value is -3.48. The Kier molecular flexibility index (Phi) is 3.31. The molecule has 0 aliphatic rings. The van der Waals surface area contributed by atoms with Crippen molar-refractivity contribution in [2.24, 2.45) is 0 Å². The first-order valence-electron chi connectivity index (χ1n) is 7.44. The summed E-state index contributed by atoms with van der Waals surface area (Å²) < 4.78 is 1.89. The number of rotatable bonds is 3. The van der Waals surface area contributed by atoms with Crippen molar-refractivity contribution in [2.75, 3.05) is 10.6 Å². The molecule has 2 aromatic carbocycles. The van der Waals surface area contributed by atoms with E-state index in [-0.39, 0.29) is 5.91 Å². The number of amides is 1. The average molecular weight is 318 g/mol. The van der Waals surface area contributed by atoms with Gasteiger partial charge in [-0.05, 0) is 30.3 Å². The van der Waals surface area contributed by atoms with Gasteiger partial charge in [-0.3, -0.25) is 9.20 Å². The molecule has 118 valence electrons. The van der Waals surface area contributed by atoms with E-state index in [0.29, 0.717) is 17.2 Å². The van der Waals surface area contributed by atoms with E-state index in [1.54, 1.807) is 6.33 Å². The average Bonchev–Trinajstić information content (AvgIpc) is 3.05. The van der Waals surface area contributed by atoms with Crippen LogP contribution in [0.2, 0.25) is 0 Å². The first-order chi connectivity index (χ1) is 11.7. The van der Waals surface area contributed by atoms with Crippen molar-refractivity contribution in [1.29, 1.82) is 0 Å². The number of aromatic nitrogens is 4. The number of hydrogen-bond donors (Lipinski definition) is 2. The Balaban J connectivity index is 1.79. The molecule has 0 saturated carbocycles. The molecular weight excluding hydrogens is 304 g/mol. The SMILES string of the molecule is CC(=O)Nc1cccc(Nc2nc3ccccc3n3cnnc23)c1. The van der Waals surface area contributed by atoms with E-state index in [1.165, 1.54) is 6.92 Å². The number of carbonyl (C=O) groups is 1. The molecule has 0 aliphatic carbocycles. The lowest BCUT2D eigenvalue weighted by molar-refractivity contribution is -0.114. The molecule has 2 aromatic heterocycles. The van der Waals surface area contributed by atoms with Crippen LogP contribution in [0.4, 0.5) is 17.2 Å². The lowest BCUT2D eigenvalue weighted by atomic mass is 10.2. The van der Waals surface area contributed by atoms with E-state index in [4.69, 9.17) is 0 Å². The van der Waals surface area contributed by atoms with Crippen LogP contribution in [0.25, 0.3) is 16.7 Å². The molecule has 0 saturated heterocycles. The summed E-state index contributed by atoms with van der Waals surface area (Å²) in [5.74, 6) is 0.488. The molecule has 0 spiro atoms. The molecule has 1 amide bonds. The third-order valence-electron chi connectivity index (χ3n) is 3.58. The highest BCUT2D eigenvalue weighted by Gasteiger charge is 2.10. The molecule has 0 bridgehead atoms. The predicted octanol–water partition coefficient (Wildman–Crippen LogP) is 2.98. The Bertz CT molecular complexity index is 1060. The van der Waals surface area contributed by atoms with Gasteiger partial charge in [-0.25, -0.2) is 4.98 Å². The molecule has 4 aromatic rings. The van der Waals surface area contributed by atoms with Crippen LogP contribution in [0.3, 0.4) is 0 Å². The Morgan fingerprint density at radius 2 is 1.92 bits per heavy atom.